The van der Waals surface area contributed by atoms with E-state index in [-0.39, 0.29) is 0 Å². The summed E-state index contributed by atoms with van der Waals surface area (Å²) in [5, 5.41) is 5.03. The van der Waals surface area contributed by atoms with Gasteiger partial charge >= 0.3 is 0 Å². The van der Waals surface area contributed by atoms with Gasteiger partial charge in [-0.3, -0.25) is 0 Å². The van der Waals surface area contributed by atoms with Gasteiger partial charge in [0.05, 0.1) is 11.9 Å². The fraction of sp³-hybridized carbons (Fsp3) is 0.118. The molecule has 0 bridgehead atoms. The summed E-state index contributed by atoms with van der Waals surface area (Å²) >= 11 is 5.99. The van der Waals surface area contributed by atoms with Crippen molar-refractivity contribution in [2.24, 2.45) is 0 Å². The number of rotatable bonds is 4. The van der Waals surface area contributed by atoms with Crippen LogP contribution in [-0.2, 0) is 6.61 Å². The quantitative estimate of drug-likeness (QED) is 0.713. The highest BCUT2D eigenvalue weighted by Crippen LogP contribution is 2.23. The molecule has 2 aromatic carbocycles. The van der Waals surface area contributed by atoms with E-state index in [0.29, 0.717) is 11.6 Å². The van der Waals surface area contributed by atoms with Gasteiger partial charge in [0.25, 0.3) is 0 Å². The molecule has 3 rings (SSSR count). The first kappa shape index (κ1) is 13.7. The first-order chi connectivity index (χ1) is 10.2. The third kappa shape index (κ3) is 3.26. The lowest BCUT2D eigenvalue weighted by atomic mass is 10.2. The predicted molar refractivity (Wildman–Crippen MR) is 84.1 cm³/mol. The standard InChI is InChI=1S/C17H15ClN2O/c1-13-7-8-15(18)9-17(13)21-12-14-10-19-20(11-14)16-5-3-2-4-6-16/h2-11H,12H2,1H3. The molecule has 0 amide bonds. The minimum absolute atomic E-state index is 0.466. The zero-order valence-electron chi connectivity index (χ0n) is 11.7. The number of benzene rings is 2. The molecule has 21 heavy (non-hydrogen) atoms. The molecule has 0 unspecified atom stereocenters. The van der Waals surface area contributed by atoms with E-state index in [9.17, 15) is 0 Å². The van der Waals surface area contributed by atoms with Crippen molar-refractivity contribution in [2.75, 3.05) is 0 Å². The Morgan fingerprint density at radius 1 is 1.14 bits per heavy atom. The second kappa shape index (κ2) is 6.02. The number of hydrogen-bond acceptors (Lipinski definition) is 2. The molecular formula is C17H15ClN2O. The Morgan fingerprint density at radius 3 is 2.76 bits per heavy atom. The highest BCUT2D eigenvalue weighted by atomic mass is 35.5. The summed E-state index contributed by atoms with van der Waals surface area (Å²) in [6.07, 6.45) is 3.78. The second-order valence-electron chi connectivity index (χ2n) is 4.83. The van der Waals surface area contributed by atoms with Crippen LogP contribution >= 0.6 is 11.6 Å². The van der Waals surface area contributed by atoms with E-state index in [1.54, 1.807) is 0 Å². The largest absolute Gasteiger partial charge is 0.488 e. The number of aryl methyl sites for hydroxylation is 1. The van der Waals surface area contributed by atoms with E-state index in [2.05, 4.69) is 5.10 Å². The third-order valence-electron chi connectivity index (χ3n) is 3.20. The van der Waals surface area contributed by atoms with Crippen molar-refractivity contribution in [1.29, 1.82) is 0 Å². The maximum Gasteiger partial charge on any atom is 0.124 e. The molecule has 0 aliphatic rings. The fourth-order valence-corrected chi connectivity index (χ4v) is 2.21. The maximum absolute atomic E-state index is 5.99. The van der Waals surface area contributed by atoms with Gasteiger partial charge in [-0.2, -0.15) is 5.10 Å². The Labute approximate surface area is 128 Å². The summed E-state index contributed by atoms with van der Waals surface area (Å²) < 4.78 is 7.65. The van der Waals surface area contributed by atoms with Gasteiger partial charge in [0.2, 0.25) is 0 Å². The number of hydrogen-bond donors (Lipinski definition) is 0. The molecule has 0 saturated heterocycles. The molecule has 0 atom stereocenters. The Balaban J connectivity index is 1.72. The molecule has 0 fully saturated rings. The van der Waals surface area contributed by atoms with Crippen molar-refractivity contribution in [3.8, 4) is 11.4 Å². The van der Waals surface area contributed by atoms with Crippen molar-refractivity contribution in [1.82, 2.24) is 9.78 Å². The molecular weight excluding hydrogens is 284 g/mol. The van der Waals surface area contributed by atoms with Crippen LogP contribution in [0.4, 0.5) is 0 Å². The lowest BCUT2D eigenvalue weighted by Gasteiger charge is -2.08. The van der Waals surface area contributed by atoms with Gasteiger partial charge in [0.1, 0.15) is 12.4 Å². The van der Waals surface area contributed by atoms with Crippen LogP contribution in [0.5, 0.6) is 5.75 Å². The third-order valence-corrected chi connectivity index (χ3v) is 3.44. The van der Waals surface area contributed by atoms with Crippen LogP contribution < -0.4 is 4.74 Å². The van der Waals surface area contributed by atoms with Crippen LogP contribution in [-0.4, -0.2) is 9.78 Å². The average molecular weight is 299 g/mol. The normalized spacial score (nSPS) is 10.6. The van der Waals surface area contributed by atoms with Gasteiger partial charge in [-0.05, 0) is 36.8 Å². The minimum atomic E-state index is 0.466. The first-order valence-corrected chi connectivity index (χ1v) is 7.08. The number of nitrogens with zero attached hydrogens (tertiary/aromatic N) is 2. The minimum Gasteiger partial charge on any atom is -0.488 e. The Hall–Kier alpha value is -2.26. The molecule has 0 saturated carbocycles. The monoisotopic (exact) mass is 298 g/mol. The van der Waals surface area contributed by atoms with E-state index >= 15 is 0 Å². The molecule has 0 aliphatic carbocycles. The summed E-state index contributed by atoms with van der Waals surface area (Å²) in [6.45, 7) is 2.47. The molecule has 3 nitrogen and oxygen atoms in total. The predicted octanol–water partition coefficient (Wildman–Crippen LogP) is 4.41. The van der Waals surface area contributed by atoms with Crippen molar-refractivity contribution in [2.45, 2.75) is 13.5 Å². The van der Waals surface area contributed by atoms with Crippen LogP contribution in [0.2, 0.25) is 5.02 Å². The van der Waals surface area contributed by atoms with Gasteiger partial charge in [0, 0.05) is 16.8 Å². The summed E-state index contributed by atoms with van der Waals surface area (Å²) in [5.74, 6) is 0.801. The fourth-order valence-electron chi connectivity index (χ4n) is 2.05. The molecule has 0 N–H and O–H groups in total. The molecule has 106 valence electrons. The smallest absolute Gasteiger partial charge is 0.124 e. The van der Waals surface area contributed by atoms with Gasteiger partial charge < -0.3 is 4.74 Å². The van der Waals surface area contributed by atoms with Gasteiger partial charge in [-0.1, -0.05) is 35.9 Å². The Morgan fingerprint density at radius 2 is 1.95 bits per heavy atom. The summed E-state index contributed by atoms with van der Waals surface area (Å²) in [4.78, 5) is 0. The van der Waals surface area contributed by atoms with E-state index < -0.39 is 0 Å². The van der Waals surface area contributed by atoms with Crippen LogP contribution in [0.1, 0.15) is 11.1 Å². The van der Waals surface area contributed by atoms with Crippen LogP contribution in [0.25, 0.3) is 5.69 Å². The Kier molecular flexibility index (Phi) is 3.93. The lowest BCUT2D eigenvalue weighted by molar-refractivity contribution is 0.304. The average Bonchev–Trinajstić information content (AvgIpc) is 2.98. The van der Waals surface area contributed by atoms with Gasteiger partial charge in [0.15, 0.2) is 0 Å². The molecule has 3 aromatic rings. The highest BCUT2D eigenvalue weighted by Gasteiger charge is 2.04. The van der Waals surface area contributed by atoms with Gasteiger partial charge in [-0.25, -0.2) is 4.68 Å². The highest BCUT2D eigenvalue weighted by molar-refractivity contribution is 6.30. The van der Waals surface area contributed by atoms with Crippen molar-refractivity contribution >= 4 is 11.6 Å². The van der Waals surface area contributed by atoms with Crippen LogP contribution in [0, 0.1) is 6.92 Å². The van der Waals surface area contributed by atoms with Gasteiger partial charge in [-0.15, -0.1) is 0 Å². The first-order valence-electron chi connectivity index (χ1n) is 6.70. The summed E-state index contributed by atoms with van der Waals surface area (Å²) in [5.41, 5.74) is 3.11. The number of ether oxygens (including phenoxy) is 1. The molecule has 1 aromatic heterocycles. The Bertz CT molecular complexity index is 738. The maximum atomic E-state index is 5.99. The lowest BCUT2D eigenvalue weighted by Crippen LogP contribution is -1.96. The number of aromatic nitrogens is 2. The molecule has 0 aliphatic heterocycles. The van der Waals surface area contributed by atoms with E-state index in [0.717, 1.165) is 22.6 Å². The SMILES string of the molecule is Cc1ccc(Cl)cc1OCc1cnn(-c2ccccc2)c1. The van der Waals surface area contributed by atoms with Crippen LogP contribution in [0.3, 0.4) is 0 Å². The zero-order chi connectivity index (χ0) is 14.7. The second-order valence-corrected chi connectivity index (χ2v) is 5.26. The topological polar surface area (TPSA) is 27.1 Å². The van der Waals surface area contributed by atoms with Crippen LogP contribution in [0.15, 0.2) is 60.9 Å². The molecule has 0 spiro atoms. The summed E-state index contributed by atoms with van der Waals surface area (Å²) in [7, 11) is 0. The zero-order valence-corrected chi connectivity index (χ0v) is 12.4. The summed E-state index contributed by atoms with van der Waals surface area (Å²) in [6, 6.07) is 15.6. The van der Waals surface area contributed by atoms with E-state index in [4.69, 9.17) is 16.3 Å². The van der Waals surface area contributed by atoms with E-state index in [1.807, 2.05) is 72.5 Å². The molecule has 0 radical (unpaired) electrons. The molecule has 1 heterocycles. The van der Waals surface area contributed by atoms with E-state index in [1.165, 1.54) is 0 Å². The van der Waals surface area contributed by atoms with Crippen molar-refractivity contribution in [3.63, 3.8) is 0 Å². The number of halogens is 1. The van der Waals surface area contributed by atoms with Crippen molar-refractivity contribution < 1.29 is 4.74 Å². The van der Waals surface area contributed by atoms with Crippen molar-refractivity contribution in [3.05, 3.63) is 77.1 Å². The number of para-hydroxylation sites is 1. The molecule has 4 heteroatoms.